The molecule has 0 spiro atoms. The lowest BCUT2D eigenvalue weighted by molar-refractivity contribution is -0.128. The number of Topliss-reactive ketones (excluding diaryl/α,β-unsaturated/α-hetero) is 1. The number of aromatic nitrogens is 5. The van der Waals surface area contributed by atoms with Gasteiger partial charge in [-0.15, -0.1) is 0 Å². The number of carbonyl (C=O) groups is 3. The minimum absolute atomic E-state index is 0.0941. The van der Waals surface area contributed by atoms with Crippen molar-refractivity contribution in [2.24, 2.45) is 0 Å². The van der Waals surface area contributed by atoms with Gasteiger partial charge in [-0.25, -0.2) is 9.67 Å². The van der Waals surface area contributed by atoms with Gasteiger partial charge in [0.25, 0.3) is 17.6 Å². The van der Waals surface area contributed by atoms with Gasteiger partial charge in [-0.3, -0.25) is 19.4 Å². The van der Waals surface area contributed by atoms with Crippen molar-refractivity contribution in [3.8, 4) is 22.8 Å². The molecule has 5 aromatic rings. The summed E-state index contributed by atoms with van der Waals surface area (Å²) in [4.78, 5) is 55.3. The second kappa shape index (κ2) is 10.9. The van der Waals surface area contributed by atoms with E-state index in [0.717, 1.165) is 11.3 Å². The van der Waals surface area contributed by atoms with Gasteiger partial charge in [-0.2, -0.15) is 5.10 Å². The van der Waals surface area contributed by atoms with E-state index in [1.807, 2.05) is 50.2 Å². The second-order valence-electron chi connectivity index (χ2n) is 10.2. The van der Waals surface area contributed by atoms with Crippen molar-refractivity contribution in [2.45, 2.75) is 19.9 Å². The zero-order valence-corrected chi connectivity index (χ0v) is 23.4. The van der Waals surface area contributed by atoms with Gasteiger partial charge in [-0.05, 0) is 44.2 Å². The van der Waals surface area contributed by atoms with Crippen molar-refractivity contribution in [1.29, 1.82) is 0 Å². The van der Waals surface area contributed by atoms with Gasteiger partial charge in [0.05, 0.1) is 35.5 Å². The van der Waals surface area contributed by atoms with Crippen molar-refractivity contribution < 1.29 is 19.1 Å². The number of pyridine rings is 2. The standard InChI is InChI=1S/C31H29N7O4/c1-19-9-10-22(15-32-19)24-11-12-38(35-24)29-27-26(25(42-3)17-34-29)23(16-33-27)28(39)31(41)36-13-14-37(20(2)18-36)30(40)21-7-5-4-6-8-21/h4-12,15-17,20,33H,13-14,18H2,1-3H3. The van der Waals surface area contributed by atoms with Crippen LogP contribution in [0.2, 0.25) is 0 Å². The molecule has 5 heterocycles. The number of piperazine rings is 1. The number of methoxy groups -OCH3 is 1. The molecular formula is C31H29N7O4. The normalized spacial score (nSPS) is 15.2. The third-order valence-corrected chi connectivity index (χ3v) is 7.52. The Kier molecular flexibility index (Phi) is 6.99. The molecule has 6 rings (SSSR count). The molecule has 1 unspecified atom stereocenters. The molecule has 2 amide bonds. The van der Waals surface area contributed by atoms with E-state index in [4.69, 9.17) is 4.74 Å². The number of carbonyl (C=O) groups excluding carboxylic acids is 3. The number of hydrogen-bond donors (Lipinski definition) is 1. The number of H-pyrrole nitrogens is 1. The third kappa shape index (κ3) is 4.78. The van der Waals surface area contributed by atoms with Gasteiger partial charge in [0, 0.05) is 61.1 Å². The predicted octanol–water partition coefficient (Wildman–Crippen LogP) is 3.68. The largest absolute Gasteiger partial charge is 0.494 e. The fourth-order valence-electron chi connectivity index (χ4n) is 5.28. The number of benzene rings is 1. The van der Waals surface area contributed by atoms with Crippen molar-refractivity contribution in [3.63, 3.8) is 0 Å². The molecule has 42 heavy (non-hydrogen) atoms. The van der Waals surface area contributed by atoms with Crippen LogP contribution in [0.1, 0.15) is 33.3 Å². The van der Waals surface area contributed by atoms with E-state index in [-0.39, 0.29) is 30.6 Å². The van der Waals surface area contributed by atoms with E-state index in [9.17, 15) is 14.4 Å². The van der Waals surface area contributed by atoms with Crippen LogP contribution in [-0.4, -0.2) is 84.9 Å². The number of rotatable bonds is 6. The first-order valence-corrected chi connectivity index (χ1v) is 13.6. The molecule has 1 atom stereocenters. The smallest absolute Gasteiger partial charge is 0.295 e. The Morgan fingerprint density at radius 3 is 2.52 bits per heavy atom. The summed E-state index contributed by atoms with van der Waals surface area (Å²) in [6.45, 7) is 4.63. The van der Waals surface area contributed by atoms with Crippen molar-refractivity contribution in [3.05, 3.63) is 90.1 Å². The molecule has 1 N–H and O–H groups in total. The fourth-order valence-corrected chi connectivity index (χ4v) is 5.28. The highest BCUT2D eigenvalue weighted by Gasteiger charge is 2.34. The number of hydrogen-bond acceptors (Lipinski definition) is 7. The van der Waals surface area contributed by atoms with E-state index in [1.54, 1.807) is 34.1 Å². The number of fused-ring (bicyclic) bond motifs is 1. The molecule has 0 bridgehead atoms. The van der Waals surface area contributed by atoms with Gasteiger partial charge in [-0.1, -0.05) is 18.2 Å². The molecule has 1 aliphatic rings. The van der Waals surface area contributed by atoms with Crippen LogP contribution in [0.15, 0.2) is 73.3 Å². The van der Waals surface area contributed by atoms with Crippen molar-refractivity contribution in [1.82, 2.24) is 34.5 Å². The Morgan fingerprint density at radius 2 is 1.81 bits per heavy atom. The Labute approximate surface area is 241 Å². The van der Waals surface area contributed by atoms with Gasteiger partial charge in [0.1, 0.15) is 5.75 Å². The number of nitrogens with zero attached hydrogens (tertiary/aromatic N) is 6. The highest BCUT2D eigenvalue weighted by atomic mass is 16.5. The van der Waals surface area contributed by atoms with E-state index < -0.39 is 11.7 Å². The van der Waals surface area contributed by atoms with E-state index in [1.165, 1.54) is 24.4 Å². The maximum absolute atomic E-state index is 13.6. The average molecular weight is 564 g/mol. The first kappa shape index (κ1) is 26.9. The first-order valence-electron chi connectivity index (χ1n) is 13.6. The average Bonchev–Trinajstić information content (AvgIpc) is 3.69. The van der Waals surface area contributed by atoms with Gasteiger partial charge >= 0.3 is 0 Å². The topological polar surface area (TPSA) is 126 Å². The van der Waals surface area contributed by atoms with Gasteiger partial charge in [0.15, 0.2) is 5.82 Å². The molecule has 0 aliphatic carbocycles. The van der Waals surface area contributed by atoms with Crippen molar-refractivity contribution >= 4 is 28.5 Å². The maximum atomic E-state index is 13.6. The summed E-state index contributed by atoms with van der Waals surface area (Å²) < 4.78 is 7.14. The Balaban J connectivity index is 1.25. The number of ketones is 1. The van der Waals surface area contributed by atoms with Gasteiger partial charge in [0.2, 0.25) is 0 Å². The van der Waals surface area contributed by atoms with Crippen LogP contribution >= 0.6 is 0 Å². The molecule has 11 heteroatoms. The number of aryl methyl sites for hydroxylation is 1. The van der Waals surface area contributed by atoms with Gasteiger partial charge < -0.3 is 19.5 Å². The highest BCUT2D eigenvalue weighted by molar-refractivity contribution is 6.45. The molecule has 212 valence electrons. The number of ether oxygens (including phenoxy) is 1. The molecule has 1 aromatic carbocycles. The number of amides is 2. The minimum Gasteiger partial charge on any atom is -0.494 e. The summed E-state index contributed by atoms with van der Waals surface area (Å²) in [7, 11) is 1.49. The molecule has 4 aromatic heterocycles. The summed E-state index contributed by atoms with van der Waals surface area (Å²) in [6, 6.07) is 14.5. The Hall–Kier alpha value is -5.32. The molecule has 11 nitrogen and oxygen atoms in total. The van der Waals surface area contributed by atoms with Crippen LogP contribution in [0.25, 0.3) is 28.0 Å². The molecule has 1 aliphatic heterocycles. The fraction of sp³-hybridized carbons (Fsp3) is 0.226. The first-order chi connectivity index (χ1) is 20.4. The number of aromatic amines is 1. The lowest BCUT2D eigenvalue weighted by Crippen LogP contribution is -2.56. The minimum atomic E-state index is -0.668. The summed E-state index contributed by atoms with van der Waals surface area (Å²) in [5, 5.41) is 5.11. The van der Waals surface area contributed by atoms with Crippen LogP contribution < -0.4 is 4.74 Å². The third-order valence-electron chi connectivity index (χ3n) is 7.52. The molecule has 1 fully saturated rings. The quantitative estimate of drug-likeness (QED) is 0.247. The summed E-state index contributed by atoms with van der Waals surface area (Å²) in [5.41, 5.74) is 3.76. The maximum Gasteiger partial charge on any atom is 0.295 e. The van der Waals surface area contributed by atoms with E-state index in [0.29, 0.717) is 40.3 Å². The lowest BCUT2D eigenvalue weighted by Gasteiger charge is -2.39. The zero-order chi connectivity index (χ0) is 29.4. The summed E-state index contributed by atoms with van der Waals surface area (Å²) in [5.74, 6) is -0.594. The monoisotopic (exact) mass is 563 g/mol. The van der Waals surface area contributed by atoms with Crippen LogP contribution in [0.5, 0.6) is 5.75 Å². The zero-order valence-electron chi connectivity index (χ0n) is 23.4. The van der Waals surface area contributed by atoms with Crippen LogP contribution in [0.3, 0.4) is 0 Å². The second-order valence-corrected chi connectivity index (χ2v) is 10.2. The molecule has 0 saturated carbocycles. The highest BCUT2D eigenvalue weighted by Crippen LogP contribution is 2.32. The Bertz CT molecular complexity index is 1790. The summed E-state index contributed by atoms with van der Waals surface area (Å²) >= 11 is 0. The Morgan fingerprint density at radius 1 is 1.00 bits per heavy atom. The molecule has 0 radical (unpaired) electrons. The summed E-state index contributed by atoms with van der Waals surface area (Å²) in [6.07, 6.45) is 6.55. The van der Waals surface area contributed by atoms with Crippen LogP contribution in [0.4, 0.5) is 0 Å². The van der Waals surface area contributed by atoms with Crippen LogP contribution in [-0.2, 0) is 4.79 Å². The lowest BCUT2D eigenvalue weighted by atomic mass is 10.1. The van der Waals surface area contributed by atoms with Crippen molar-refractivity contribution in [2.75, 3.05) is 26.7 Å². The molecule has 1 saturated heterocycles. The predicted molar refractivity (Wildman–Crippen MR) is 156 cm³/mol. The van der Waals surface area contributed by atoms with E-state index in [2.05, 4.69) is 20.1 Å². The SMILES string of the molecule is COc1cnc(-n2ccc(-c3ccc(C)nc3)n2)c2[nH]cc(C(=O)C(=O)N3CCN(C(=O)c4ccccc4)C(C)C3)c12. The van der Waals surface area contributed by atoms with E-state index >= 15 is 0 Å². The number of nitrogens with one attached hydrogen (secondary N) is 1. The molecular weight excluding hydrogens is 534 g/mol. The van der Waals surface area contributed by atoms with Crippen LogP contribution in [0, 0.1) is 6.92 Å².